The number of carbonyl (C=O) groups excluding carboxylic acids is 1. The Labute approximate surface area is 125 Å². The van der Waals surface area contributed by atoms with Crippen LogP contribution < -0.4 is 5.32 Å². The molecular weight excluding hydrogens is 321 g/mol. The van der Waals surface area contributed by atoms with E-state index in [1.165, 1.54) is 18.2 Å². The summed E-state index contributed by atoms with van der Waals surface area (Å²) >= 11 is 3.40. The number of rotatable bonds is 3. The highest BCUT2D eigenvalue weighted by Crippen LogP contribution is 2.23. The van der Waals surface area contributed by atoms with Crippen molar-refractivity contribution in [3.05, 3.63) is 70.0 Å². The molecule has 0 aliphatic heterocycles. The Morgan fingerprint density at radius 1 is 1.20 bits per heavy atom. The van der Waals surface area contributed by atoms with Gasteiger partial charge >= 0.3 is 0 Å². The second-order valence-electron chi connectivity index (χ2n) is 4.36. The predicted molar refractivity (Wildman–Crippen MR) is 82.9 cm³/mol. The molecule has 0 radical (unpaired) electrons. The highest BCUT2D eigenvalue weighted by molar-refractivity contribution is 9.10. The lowest BCUT2D eigenvalue weighted by molar-refractivity contribution is -0.111. The molecule has 1 amide bonds. The summed E-state index contributed by atoms with van der Waals surface area (Å²) in [6.45, 7) is 1.98. The van der Waals surface area contributed by atoms with Crippen molar-refractivity contribution >= 4 is 33.6 Å². The van der Waals surface area contributed by atoms with Crippen LogP contribution in [-0.2, 0) is 4.79 Å². The van der Waals surface area contributed by atoms with E-state index in [0.29, 0.717) is 5.69 Å². The molecule has 0 aliphatic carbocycles. The molecule has 0 heterocycles. The minimum Gasteiger partial charge on any atom is -0.321 e. The predicted octanol–water partition coefficient (Wildman–Crippen LogP) is 4.55. The van der Waals surface area contributed by atoms with Gasteiger partial charge in [0, 0.05) is 10.5 Å². The first-order valence-corrected chi connectivity index (χ1v) is 6.85. The van der Waals surface area contributed by atoms with Gasteiger partial charge in [0.05, 0.1) is 5.69 Å². The SMILES string of the molecule is Cc1ccc(NC(=O)C=Cc2ccc(F)cc2)c(Br)c1. The lowest BCUT2D eigenvalue weighted by Gasteiger charge is -2.05. The fourth-order valence-corrected chi connectivity index (χ4v) is 2.23. The van der Waals surface area contributed by atoms with E-state index in [1.54, 1.807) is 18.2 Å². The third-order valence-electron chi connectivity index (χ3n) is 2.68. The van der Waals surface area contributed by atoms with Gasteiger partial charge in [-0.25, -0.2) is 4.39 Å². The van der Waals surface area contributed by atoms with Crippen molar-refractivity contribution in [3.8, 4) is 0 Å². The molecule has 0 atom stereocenters. The number of aryl methyl sites for hydroxylation is 1. The molecule has 0 saturated heterocycles. The maximum absolute atomic E-state index is 12.7. The van der Waals surface area contributed by atoms with Gasteiger partial charge in [-0.3, -0.25) is 4.79 Å². The molecule has 0 aliphatic rings. The maximum Gasteiger partial charge on any atom is 0.248 e. The number of benzene rings is 2. The zero-order valence-corrected chi connectivity index (χ0v) is 12.4. The average molecular weight is 334 g/mol. The van der Waals surface area contributed by atoms with E-state index in [-0.39, 0.29) is 11.7 Å². The smallest absolute Gasteiger partial charge is 0.248 e. The molecule has 2 rings (SSSR count). The van der Waals surface area contributed by atoms with E-state index in [4.69, 9.17) is 0 Å². The van der Waals surface area contributed by atoms with Crippen molar-refractivity contribution in [2.75, 3.05) is 5.32 Å². The Kier molecular flexibility index (Phi) is 4.69. The largest absolute Gasteiger partial charge is 0.321 e. The van der Waals surface area contributed by atoms with Crippen LogP contribution in [0.3, 0.4) is 0 Å². The van der Waals surface area contributed by atoms with Crippen LogP contribution in [0, 0.1) is 12.7 Å². The molecule has 0 unspecified atom stereocenters. The molecule has 0 aromatic heterocycles. The second-order valence-corrected chi connectivity index (χ2v) is 5.21. The monoisotopic (exact) mass is 333 g/mol. The van der Waals surface area contributed by atoms with E-state index < -0.39 is 0 Å². The summed E-state index contributed by atoms with van der Waals surface area (Å²) in [7, 11) is 0. The summed E-state index contributed by atoms with van der Waals surface area (Å²) in [5.74, 6) is -0.533. The number of nitrogens with one attached hydrogen (secondary N) is 1. The third-order valence-corrected chi connectivity index (χ3v) is 3.34. The van der Waals surface area contributed by atoms with Crippen LogP contribution >= 0.6 is 15.9 Å². The summed E-state index contributed by atoms with van der Waals surface area (Å²) in [4.78, 5) is 11.8. The molecule has 2 aromatic rings. The van der Waals surface area contributed by atoms with Gasteiger partial charge in [-0.05, 0) is 64.3 Å². The zero-order valence-electron chi connectivity index (χ0n) is 10.9. The Morgan fingerprint density at radius 3 is 2.55 bits per heavy atom. The highest BCUT2D eigenvalue weighted by Gasteiger charge is 2.02. The van der Waals surface area contributed by atoms with Gasteiger partial charge in [0.2, 0.25) is 5.91 Å². The average Bonchev–Trinajstić information content (AvgIpc) is 2.41. The number of anilines is 1. The van der Waals surface area contributed by atoms with E-state index in [2.05, 4.69) is 21.2 Å². The third kappa shape index (κ3) is 4.03. The van der Waals surface area contributed by atoms with E-state index >= 15 is 0 Å². The first-order chi connectivity index (χ1) is 9.54. The standard InChI is InChI=1S/C16H13BrFNO/c1-11-2-8-15(14(17)10-11)19-16(20)9-5-12-3-6-13(18)7-4-12/h2-10H,1H3,(H,19,20). The molecular formula is C16H13BrFNO. The van der Waals surface area contributed by atoms with Crippen molar-refractivity contribution in [3.63, 3.8) is 0 Å². The summed E-state index contributed by atoms with van der Waals surface area (Å²) in [6.07, 6.45) is 3.05. The van der Waals surface area contributed by atoms with E-state index in [0.717, 1.165) is 15.6 Å². The van der Waals surface area contributed by atoms with Gasteiger partial charge in [-0.2, -0.15) is 0 Å². The summed E-state index contributed by atoms with van der Waals surface area (Å²) in [5.41, 5.74) is 2.59. The van der Waals surface area contributed by atoms with Gasteiger partial charge in [-0.15, -0.1) is 0 Å². The van der Waals surface area contributed by atoms with Crippen LogP contribution in [-0.4, -0.2) is 5.91 Å². The van der Waals surface area contributed by atoms with E-state index in [9.17, 15) is 9.18 Å². The molecule has 102 valence electrons. The van der Waals surface area contributed by atoms with Crippen molar-refractivity contribution in [1.82, 2.24) is 0 Å². The highest BCUT2D eigenvalue weighted by atomic mass is 79.9. The van der Waals surface area contributed by atoms with Gasteiger partial charge in [0.15, 0.2) is 0 Å². The number of amides is 1. The Balaban J connectivity index is 2.03. The normalized spacial score (nSPS) is 10.8. The van der Waals surface area contributed by atoms with Crippen molar-refractivity contribution in [1.29, 1.82) is 0 Å². The van der Waals surface area contributed by atoms with Crippen molar-refractivity contribution in [2.45, 2.75) is 6.92 Å². The van der Waals surface area contributed by atoms with Crippen LogP contribution in [0.1, 0.15) is 11.1 Å². The van der Waals surface area contributed by atoms with Crippen LogP contribution in [0.4, 0.5) is 10.1 Å². The fourth-order valence-electron chi connectivity index (χ4n) is 1.64. The molecule has 0 saturated carbocycles. The first kappa shape index (κ1) is 14.5. The number of halogens is 2. The molecule has 1 N–H and O–H groups in total. The lowest BCUT2D eigenvalue weighted by atomic mass is 10.2. The number of hydrogen-bond donors (Lipinski definition) is 1. The Bertz CT molecular complexity index is 650. The Hall–Kier alpha value is -1.94. The molecule has 0 bridgehead atoms. The van der Waals surface area contributed by atoms with Crippen LogP contribution in [0.2, 0.25) is 0 Å². The Morgan fingerprint density at radius 2 is 1.90 bits per heavy atom. The van der Waals surface area contributed by atoms with Gasteiger partial charge < -0.3 is 5.32 Å². The summed E-state index contributed by atoms with van der Waals surface area (Å²) in [5, 5.41) is 2.77. The quantitative estimate of drug-likeness (QED) is 0.820. The van der Waals surface area contributed by atoms with Crippen LogP contribution in [0.15, 0.2) is 53.0 Å². The molecule has 20 heavy (non-hydrogen) atoms. The first-order valence-electron chi connectivity index (χ1n) is 6.05. The molecule has 0 spiro atoms. The van der Waals surface area contributed by atoms with E-state index in [1.807, 2.05) is 25.1 Å². The number of carbonyl (C=O) groups is 1. The van der Waals surface area contributed by atoms with Crippen LogP contribution in [0.5, 0.6) is 0 Å². The maximum atomic E-state index is 12.7. The second kappa shape index (κ2) is 6.48. The minimum absolute atomic E-state index is 0.237. The summed E-state index contributed by atoms with van der Waals surface area (Å²) in [6, 6.07) is 11.6. The molecule has 2 aromatic carbocycles. The fraction of sp³-hybridized carbons (Fsp3) is 0.0625. The molecule has 0 fully saturated rings. The number of hydrogen-bond acceptors (Lipinski definition) is 1. The van der Waals surface area contributed by atoms with Crippen molar-refractivity contribution in [2.24, 2.45) is 0 Å². The zero-order chi connectivity index (χ0) is 14.5. The van der Waals surface area contributed by atoms with Gasteiger partial charge in [0.25, 0.3) is 0 Å². The van der Waals surface area contributed by atoms with Gasteiger partial charge in [-0.1, -0.05) is 18.2 Å². The lowest BCUT2D eigenvalue weighted by Crippen LogP contribution is -2.08. The minimum atomic E-state index is -0.296. The van der Waals surface area contributed by atoms with Crippen molar-refractivity contribution < 1.29 is 9.18 Å². The van der Waals surface area contributed by atoms with Gasteiger partial charge in [0.1, 0.15) is 5.82 Å². The molecule has 2 nitrogen and oxygen atoms in total. The van der Waals surface area contributed by atoms with Crippen LogP contribution in [0.25, 0.3) is 6.08 Å². The molecule has 4 heteroatoms. The topological polar surface area (TPSA) is 29.1 Å². The summed E-state index contributed by atoms with van der Waals surface area (Å²) < 4.78 is 13.6.